The van der Waals surface area contributed by atoms with Crippen molar-refractivity contribution >= 4 is 17.1 Å². The largest absolute Gasteiger partial charge is 0.481 e. The summed E-state index contributed by atoms with van der Waals surface area (Å²) in [4.78, 5) is 34.6. The lowest BCUT2D eigenvalue weighted by Crippen LogP contribution is -2.05. The minimum absolute atomic E-state index is 0.0300. The van der Waals surface area contributed by atoms with Crippen molar-refractivity contribution in [3.05, 3.63) is 22.5 Å². The Balaban J connectivity index is 2.35. The van der Waals surface area contributed by atoms with E-state index in [4.69, 9.17) is 5.11 Å². The van der Waals surface area contributed by atoms with Crippen molar-refractivity contribution in [2.45, 2.75) is 12.8 Å². The lowest BCUT2D eigenvalue weighted by atomic mass is 10.3. The fourth-order valence-corrected chi connectivity index (χ4v) is 1.23. The van der Waals surface area contributed by atoms with Gasteiger partial charge in [-0.1, -0.05) is 0 Å². The summed E-state index contributed by atoms with van der Waals surface area (Å²) in [6.45, 7) is 0. The molecular formula is C8H8N4O3. The van der Waals surface area contributed by atoms with E-state index in [1.807, 2.05) is 0 Å². The summed E-state index contributed by atoms with van der Waals surface area (Å²) in [7, 11) is 0. The molecule has 7 nitrogen and oxygen atoms in total. The van der Waals surface area contributed by atoms with Crippen molar-refractivity contribution in [1.29, 1.82) is 0 Å². The molecule has 0 fully saturated rings. The van der Waals surface area contributed by atoms with Crippen molar-refractivity contribution < 1.29 is 9.90 Å². The first kappa shape index (κ1) is 9.38. The number of hydrogen-bond donors (Lipinski definition) is 3. The number of hydrogen-bond acceptors (Lipinski definition) is 4. The highest BCUT2D eigenvalue weighted by Crippen LogP contribution is 2.04. The first-order valence-electron chi connectivity index (χ1n) is 4.31. The topological polar surface area (TPSA) is 112 Å². The number of aryl methyl sites for hydroxylation is 1. The molecular weight excluding hydrogens is 200 g/mol. The predicted molar refractivity (Wildman–Crippen MR) is 50.5 cm³/mol. The Labute approximate surface area is 83.2 Å². The molecule has 7 heteroatoms. The second-order valence-corrected chi connectivity index (χ2v) is 3.01. The van der Waals surface area contributed by atoms with E-state index < -0.39 is 5.97 Å². The molecule has 0 atom stereocenters. The summed E-state index contributed by atoms with van der Waals surface area (Å²) in [6, 6.07) is 0. The van der Waals surface area contributed by atoms with Crippen molar-refractivity contribution in [3.8, 4) is 0 Å². The number of nitrogens with zero attached hydrogens (tertiary/aromatic N) is 2. The van der Waals surface area contributed by atoms with Crippen molar-refractivity contribution in [2.75, 3.05) is 0 Å². The number of H-pyrrole nitrogens is 2. The van der Waals surface area contributed by atoms with Crippen LogP contribution in [0.15, 0.2) is 11.1 Å². The fourth-order valence-electron chi connectivity index (χ4n) is 1.23. The van der Waals surface area contributed by atoms with Crippen LogP contribution in [0.3, 0.4) is 0 Å². The molecule has 2 aromatic rings. The van der Waals surface area contributed by atoms with Crippen molar-refractivity contribution in [3.63, 3.8) is 0 Å². The Hall–Kier alpha value is -2.18. The van der Waals surface area contributed by atoms with Gasteiger partial charge in [0, 0.05) is 6.42 Å². The van der Waals surface area contributed by atoms with Crippen LogP contribution in [-0.4, -0.2) is 31.0 Å². The fraction of sp³-hybridized carbons (Fsp3) is 0.250. The third kappa shape index (κ3) is 1.85. The molecule has 2 rings (SSSR count). The number of carboxylic acid groups (broad SMARTS) is 1. The maximum atomic E-state index is 11.2. The average Bonchev–Trinajstić information content (AvgIpc) is 2.59. The highest BCUT2D eigenvalue weighted by atomic mass is 16.4. The normalized spacial score (nSPS) is 10.7. The van der Waals surface area contributed by atoms with E-state index in [1.165, 1.54) is 6.33 Å². The van der Waals surface area contributed by atoms with Crippen molar-refractivity contribution in [1.82, 2.24) is 19.9 Å². The molecule has 2 heterocycles. The number of aromatic amines is 2. The third-order valence-electron chi connectivity index (χ3n) is 1.92. The van der Waals surface area contributed by atoms with Crippen LogP contribution in [0.4, 0.5) is 0 Å². The molecule has 0 saturated carbocycles. The molecule has 78 valence electrons. The monoisotopic (exact) mass is 208 g/mol. The Kier molecular flexibility index (Phi) is 2.20. The summed E-state index contributed by atoms with van der Waals surface area (Å²) >= 11 is 0. The first-order chi connectivity index (χ1) is 7.16. The van der Waals surface area contributed by atoms with Gasteiger partial charge in [0.25, 0.3) is 5.56 Å². The number of carbonyl (C=O) groups is 1. The lowest BCUT2D eigenvalue weighted by Gasteiger charge is -1.89. The molecule has 0 aliphatic carbocycles. The van der Waals surface area contributed by atoms with Gasteiger partial charge in [0.1, 0.15) is 5.82 Å². The van der Waals surface area contributed by atoms with Crippen LogP contribution in [0.25, 0.3) is 11.2 Å². The molecule has 0 amide bonds. The van der Waals surface area contributed by atoms with Gasteiger partial charge in [0.05, 0.1) is 12.7 Å². The molecule has 0 spiro atoms. The van der Waals surface area contributed by atoms with Crippen LogP contribution in [-0.2, 0) is 11.2 Å². The Morgan fingerprint density at radius 1 is 1.53 bits per heavy atom. The predicted octanol–water partition coefficient (Wildman–Crippen LogP) is -0.337. The van der Waals surface area contributed by atoms with Gasteiger partial charge >= 0.3 is 5.97 Å². The quantitative estimate of drug-likeness (QED) is 0.639. The molecule has 2 aromatic heterocycles. The van der Waals surface area contributed by atoms with Crippen LogP contribution in [0, 0.1) is 0 Å². The molecule has 15 heavy (non-hydrogen) atoms. The number of carboxylic acids is 1. The van der Waals surface area contributed by atoms with Gasteiger partial charge in [-0.15, -0.1) is 0 Å². The molecule has 0 aliphatic heterocycles. The van der Waals surface area contributed by atoms with E-state index >= 15 is 0 Å². The minimum atomic E-state index is -0.905. The summed E-state index contributed by atoms with van der Waals surface area (Å²) in [5.41, 5.74) is 0.270. The number of aromatic nitrogens is 4. The second-order valence-electron chi connectivity index (χ2n) is 3.01. The molecule has 3 N–H and O–H groups in total. The van der Waals surface area contributed by atoms with Gasteiger partial charge in [0.2, 0.25) is 0 Å². The number of fused-ring (bicyclic) bond motifs is 1. The van der Waals surface area contributed by atoms with E-state index in [0.29, 0.717) is 11.5 Å². The Morgan fingerprint density at radius 2 is 2.33 bits per heavy atom. The van der Waals surface area contributed by atoms with Gasteiger partial charge in [0.15, 0.2) is 11.2 Å². The van der Waals surface area contributed by atoms with Crippen LogP contribution in [0.5, 0.6) is 0 Å². The lowest BCUT2D eigenvalue weighted by molar-refractivity contribution is -0.137. The van der Waals surface area contributed by atoms with Gasteiger partial charge in [-0.2, -0.15) is 0 Å². The summed E-state index contributed by atoms with van der Waals surface area (Å²) < 4.78 is 0. The third-order valence-corrected chi connectivity index (χ3v) is 1.92. The zero-order valence-electron chi connectivity index (χ0n) is 7.65. The minimum Gasteiger partial charge on any atom is -0.481 e. The van der Waals surface area contributed by atoms with E-state index in [1.54, 1.807) is 0 Å². The van der Waals surface area contributed by atoms with Gasteiger partial charge in [-0.3, -0.25) is 9.59 Å². The molecule has 0 unspecified atom stereocenters. The van der Waals surface area contributed by atoms with Crippen molar-refractivity contribution in [2.24, 2.45) is 0 Å². The zero-order valence-corrected chi connectivity index (χ0v) is 7.65. The molecule has 0 aromatic carbocycles. The average molecular weight is 208 g/mol. The molecule has 0 aliphatic rings. The molecule has 0 bridgehead atoms. The number of aliphatic carboxylic acids is 1. The van der Waals surface area contributed by atoms with Gasteiger partial charge in [-0.05, 0) is 0 Å². The number of nitrogens with one attached hydrogen (secondary N) is 2. The van der Waals surface area contributed by atoms with E-state index in [-0.39, 0.29) is 23.9 Å². The number of rotatable bonds is 3. The number of imidazole rings is 1. The summed E-state index contributed by atoms with van der Waals surface area (Å²) in [6.07, 6.45) is 1.48. The van der Waals surface area contributed by atoms with Crippen LogP contribution >= 0.6 is 0 Å². The summed E-state index contributed by atoms with van der Waals surface area (Å²) in [5.74, 6) is -0.450. The van der Waals surface area contributed by atoms with Crippen LogP contribution < -0.4 is 5.56 Å². The first-order valence-corrected chi connectivity index (χ1v) is 4.31. The Morgan fingerprint density at radius 3 is 3.00 bits per heavy atom. The SMILES string of the molecule is O=C(O)CCc1nc2nc[nH]c(=O)c2[nH]1. The van der Waals surface area contributed by atoms with Crippen LogP contribution in [0.2, 0.25) is 0 Å². The highest BCUT2D eigenvalue weighted by Gasteiger charge is 2.07. The van der Waals surface area contributed by atoms with E-state index in [0.717, 1.165) is 0 Å². The molecule has 0 radical (unpaired) electrons. The van der Waals surface area contributed by atoms with Gasteiger partial charge in [-0.25, -0.2) is 9.97 Å². The zero-order chi connectivity index (χ0) is 10.8. The maximum Gasteiger partial charge on any atom is 0.303 e. The highest BCUT2D eigenvalue weighted by molar-refractivity contribution is 5.69. The second kappa shape index (κ2) is 3.52. The molecule has 0 saturated heterocycles. The standard InChI is InChI=1S/C8H8N4O3/c13-5(14)2-1-4-11-6-7(12-4)9-3-10-8(6)15/h3H,1-2H2,(H,13,14)(H2,9,10,11,12,15). The Bertz CT molecular complexity index is 556. The van der Waals surface area contributed by atoms with Gasteiger partial charge < -0.3 is 15.1 Å². The van der Waals surface area contributed by atoms with E-state index in [9.17, 15) is 9.59 Å². The summed E-state index contributed by atoms with van der Waals surface area (Å²) in [5, 5.41) is 8.48. The maximum absolute atomic E-state index is 11.2. The smallest absolute Gasteiger partial charge is 0.303 e. The van der Waals surface area contributed by atoms with Crippen LogP contribution in [0.1, 0.15) is 12.2 Å². The van der Waals surface area contributed by atoms with E-state index in [2.05, 4.69) is 19.9 Å².